The minimum Gasteiger partial charge on any atom is -0.282 e. The van der Waals surface area contributed by atoms with E-state index >= 15 is 0 Å². The van der Waals surface area contributed by atoms with Gasteiger partial charge in [-0.3, -0.25) is 9.89 Å². The summed E-state index contributed by atoms with van der Waals surface area (Å²) < 4.78 is 0. The van der Waals surface area contributed by atoms with E-state index in [-0.39, 0.29) is 5.66 Å². The Balaban J connectivity index is 2.44. The Morgan fingerprint density at radius 3 is 2.80 bits per heavy atom. The van der Waals surface area contributed by atoms with E-state index < -0.39 is 0 Å². The molecule has 0 saturated heterocycles. The summed E-state index contributed by atoms with van der Waals surface area (Å²) in [5.74, 6) is 0. The second kappa shape index (κ2) is 3.63. The predicted octanol–water partition coefficient (Wildman–Crippen LogP) is 2.11. The van der Waals surface area contributed by atoms with Crippen molar-refractivity contribution in [3.05, 3.63) is 48.0 Å². The number of hydrogen-bond acceptors (Lipinski definition) is 2. The first kappa shape index (κ1) is 10.1. The average molecular weight is 200 g/mol. The Morgan fingerprint density at radius 1 is 1.40 bits per heavy atom. The Labute approximate surface area is 90.9 Å². The Kier molecular flexibility index (Phi) is 2.45. The molecule has 2 nitrogen and oxygen atoms in total. The summed E-state index contributed by atoms with van der Waals surface area (Å²) in [7, 11) is 4.07. The van der Waals surface area contributed by atoms with Gasteiger partial charge in [-0.25, -0.2) is 0 Å². The molecule has 1 aliphatic heterocycles. The van der Waals surface area contributed by atoms with Crippen molar-refractivity contribution in [2.45, 2.75) is 12.1 Å². The third kappa shape index (κ3) is 1.61. The fourth-order valence-corrected chi connectivity index (χ4v) is 1.91. The minimum absolute atomic E-state index is 0.269. The van der Waals surface area contributed by atoms with Crippen LogP contribution >= 0.6 is 0 Å². The molecule has 15 heavy (non-hydrogen) atoms. The first-order valence-electron chi connectivity index (χ1n) is 5.12. The summed E-state index contributed by atoms with van der Waals surface area (Å²) in [5, 5.41) is 0. The fourth-order valence-electron chi connectivity index (χ4n) is 1.91. The van der Waals surface area contributed by atoms with Crippen LogP contribution < -0.4 is 0 Å². The van der Waals surface area contributed by atoms with E-state index in [2.05, 4.69) is 34.7 Å². The Bertz CT molecular complexity index is 407. The number of nitrogens with zero attached hydrogens (tertiary/aromatic N) is 2. The van der Waals surface area contributed by atoms with Crippen LogP contribution in [0.5, 0.6) is 0 Å². The monoisotopic (exact) mass is 200 g/mol. The zero-order chi connectivity index (χ0) is 10.9. The van der Waals surface area contributed by atoms with Crippen molar-refractivity contribution in [3.63, 3.8) is 0 Å². The van der Waals surface area contributed by atoms with Crippen LogP contribution in [0.15, 0.2) is 41.9 Å². The molecule has 0 spiro atoms. The summed E-state index contributed by atoms with van der Waals surface area (Å²) in [4.78, 5) is 6.71. The molecule has 1 heterocycles. The zero-order valence-corrected chi connectivity index (χ0v) is 9.27. The summed E-state index contributed by atoms with van der Waals surface area (Å²) in [6, 6.07) is 8.37. The summed E-state index contributed by atoms with van der Waals surface area (Å²) in [5.41, 5.74) is 2.28. The number of fused-ring (bicyclic) bond motifs is 1. The molecule has 0 aliphatic carbocycles. The third-order valence-corrected chi connectivity index (χ3v) is 3.03. The first-order valence-corrected chi connectivity index (χ1v) is 5.12. The van der Waals surface area contributed by atoms with Gasteiger partial charge in [0.15, 0.2) is 0 Å². The Hall–Kier alpha value is -1.41. The lowest BCUT2D eigenvalue weighted by molar-refractivity contribution is 0.215. The van der Waals surface area contributed by atoms with Gasteiger partial charge in [-0.2, -0.15) is 0 Å². The maximum absolute atomic E-state index is 4.60. The molecule has 0 N–H and O–H groups in total. The zero-order valence-electron chi connectivity index (χ0n) is 9.27. The molecule has 1 atom stereocenters. The lowest BCUT2D eigenvalue weighted by Gasteiger charge is -2.36. The topological polar surface area (TPSA) is 15.6 Å². The quantitative estimate of drug-likeness (QED) is 0.668. The molecule has 0 saturated carbocycles. The standard InChI is InChI=1S/C13H16N2/c1-4-13(15(2)3)9-11-7-5-6-8-12(11)10-14-13/h4-8,10H,1,9H2,2-3H3. The third-order valence-electron chi connectivity index (χ3n) is 3.03. The van der Waals surface area contributed by atoms with Crippen LogP contribution in [0.1, 0.15) is 11.1 Å². The maximum atomic E-state index is 4.60. The highest BCUT2D eigenvalue weighted by molar-refractivity contribution is 5.83. The normalized spacial score (nSPS) is 23.9. The summed E-state index contributed by atoms with van der Waals surface area (Å²) in [6.45, 7) is 3.90. The fraction of sp³-hybridized carbons (Fsp3) is 0.308. The number of hydrogen-bond donors (Lipinski definition) is 0. The molecule has 0 aromatic heterocycles. The van der Waals surface area contributed by atoms with Gasteiger partial charge in [-0.1, -0.05) is 30.8 Å². The molecule has 0 radical (unpaired) electrons. The van der Waals surface area contributed by atoms with Crippen LogP contribution in [0.2, 0.25) is 0 Å². The lowest BCUT2D eigenvalue weighted by Crippen LogP contribution is -2.44. The van der Waals surface area contributed by atoms with E-state index in [1.807, 2.05) is 32.5 Å². The molecule has 1 unspecified atom stereocenters. The highest BCUT2D eigenvalue weighted by atomic mass is 15.3. The van der Waals surface area contributed by atoms with Crippen LogP contribution in [-0.4, -0.2) is 30.9 Å². The SMILES string of the molecule is C=CC1(N(C)C)Cc2ccccc2C=N1. The van der Waals surface area contributed by atoms with Gasteiger partial charge in [0, 0.05) is 12.6 Å². The molecule has 1 aromatic carbocycles. The van der Waals surface area contributed by atoms with E-state index in [4.69, 9.17) is 0 Å². The van der Waals surface area contributed by atoms with Gasteiger partial charge in [0.25, 0.3) is 0 Å². The van der Waals surface area contributed by atoms with Gasteiger partial charge < -0.3 is 0 Å². The summed E-state index contributed by atoms with van der Waals surface area (Å²) >= 11 is 0. The minimum atomic E-state index is -0.269. The van der Waals surface area contributed by atoms with Crippen molar-refractivity contribution in [1.29, 1.82) is 0 Å². The van der Waals surface area contributed by atoms with Crippen LogP contribution in [0.3, 0.4) is 0 Å². The second-order valence-electron chi connectivity index (χ2n) is 4.11. The van der Waals surface area contributed by atoms with Crippen LogP contribution in [0.4, 0.5) is 0 Å². The van der Waals surface area contributed by atoms with Gasteiger partial charge >= 0.3 is 0 Å². The molecule has 0 bridgehead atoms. The highest BCUT2D eigenvalue weighted by Crippen LogP contribution is 2.27. The van der Waals surface area contributed by atoms with Crippen molar-refractivity contribution in [3.8, 4) is 0 Å². The second-order valence-corrected chi connectivity index (χ2v) is 4.11. The molecule has 2 heteroatoms. The van der Waals surface area contributed by atoms with Gasteiger partial charge in [0.1, 0.15) is 5.66 Å². The molecule has 1 aliphatic rings. The average Bonchev–Trinajstić information content (AvgIpc) is 2.28. The van der Waals surface area contributed by atoms with Crippen molar-refractivity contribution < 1.29 is 0 Å². The Morgan fingerprint density at radius 2 is 2.13 bits per heavy atom. The lowest BCUT2D eigenvalue weighted by atomic mass is 9.92. The van der Waals surface area contributed by atoms with Crippen molar-refractivity contribution in [2.24, 2.45) is 4.99 Å². The molecular weight excluding hydrogens is 184 g/mol. The van der Waals surface area contributed by atoms with E-state index in [0.29, 0.717) is 0 Å². The van der Waals surface area contributed by atoms with Gasteiger partial charge in [0.2, 0.25) is 0 Å². The number of rotatable bonds is 2. The highest BCUT2D eigenvalue weighted by Gasteiger charge is 2.31. The van der Waals surface area contributed by atoms with Crippen LogP contribution in [-0.2, 0) is 6.42 Å². The van der Waals surface area contributed by atoms with E-state index in [1.165, 1.54) is 11.1 Å². The predicted molar refractivity (Wildman–Crippen MR) is 64.4 cm³/mol. The number of aliphatic imine (C=N–C) groups is 1. The van der Waals surface area contributed by atoms with Gasteiger partial charge in [-0.05, 0) is 31.3 Å². The van der Waals surface area contributed by atoms with Crippen molar-refractivity contribution in [1.82, 2.24) is 4.90 Å². The van der Waals surface area contributed by atoms with Gasteiger partial charge in [0.05, 0.1) is 0 Å². The number of benzene rings is 1. The van der Waals surface area contributed by atoms with Gasteiger partial charge in [-0.15, -0.1) is 0 Å². The van der Waals surface area contributed by atoms with E-state index in [9.17, 15) is 0 Å². The van der Waals surface area contributed by atoms with Crippen LogP contribution in [0, 0.1) is 0 Å². The molecule has 0 amide bonds. The number of likely N-dealkylation sites (N-methyl/N-ethyl adjacent to an activating group) is 1. The smallest absolute Gasteiger partial charge is 0.135 e. The molecule has 2 rings (SSSR count). The summed E-state index contributed by atoms with van der Waals surface area (Å²) in [6.07, 6.45) is 4.76. The van der Waals surface area contributed by atoms with E-state index in [1.54, 1.807) is 0 Å². The molecule has 0 fully saturated rings. The van der Waals surface area contributed by atoms with Crippen molar-refractivity contribution in [2.75, 3.05) is 14.1 Å². The molecule has 1 aromatic rings. The largest absolute Gasteiger partial charge is 0.282 e. The van der Waals surface area contributed by atoms with E-state index in [0.717, 1.165) is 6.42 Å². The van der Waals surface area contributed by atoms with Crippen LogP contribution in [0.25, 0.3) is 0 Å². The maximum Gasteiger partial charge on any atom is 0.135 e. The first-order chi connectivity index (χ1) is 7.18. The van der Waals surface area contributed by atoms with Crippen molar-refractivity contribution >= 4 is 6.21 Å². The molecule has 78 valence electrons. The molecular formula is C13H16N2.